The summed E-state index contributed by atoms with van der Waals surface area (Å²) in [6, 6.07) is 12.5. The van der Waals surface area contributed by atoms with Gasteiger partial charge in [0.15, 0.2) is 0 Å². The minimum absolute atomic E-state index is 0.153. The van der Waals surface area contributed by atoms with Crippen molar-refractivity contribution in [2.45, 2.75) is 6.42 Å². The topological polar surface area (TPSA) is 61.9 Å². The van der Waals surface area contributed by atoms with E-state index in [-0.39, 0.29) is 12.3 Å². The second-order valence-corrected chi connectivity index (χ2v) is 7.30. The maximum Gasteiger partial charge on any atom is 0.337 e. The third-order valence-corrected chi connectivity index (χ3v) is 5.07. The molecular weight excluding hydrogens is 378 g/mol. The number of nitrogens with one attached hydrogen (secondary N) is 1. The van der Waals surface area contributed by atoms with Gasteiger partial charge in [-0.1, -0.05) is 23.7 Å². The third kappa shape index (κ3) is 5.03. The van der Waals surface area contributed by atoms with Crippen molar-refractivity contribution in [3.8, 4) is 0 Å². The molecule has 2 aromatic rings. The van der Waals surface area contributed by atoms with Crippen LogP contribution in [0.4, 0.5) is 11.4 Å². The molecule has 6 nitrogen and oxygen atoms in total. The van der Waals surface area contributed by atoms with Gasteiger partial charge in [0.25, 0.3) is 0 Å². The van der Waals surface area contributed by atoms with Gasteiger partial charge in [-0.2, -0.15) is 0 Å². The van der Waals surface area contributed by atoms with Gasteiger partial charge in [0.1, 0.15) is 0 Å². The largest absolute Gasteiger partial charge is 0.465 e. The number of carbonyl (C=O) groups excluding carboxylic acids is 2. The number of benzene rings is 2. The molecule has 0 saturated carbocycles. The molecule has 2 aromatic carbocycles. The van der Waals surface area contributed by atoms with E-state index in [2.05, 4.69) is 22.2 Å². The van der Waals surface area contributed by atoms with E-state index >= 15 is 0 Å². The fraction of sp³-hybridized carbons (Fsp3) is 0.333. The number of rotatable bonds is 5. The Labute approximate surface area is 170 Å². The van der Waals surface area contributed by atoms with Crippen LogP contribution in [0.1, 0.15) is 15.9 Å². The lowest BCUT2D eigenvalue weighted by Crippen LogP contribution is -2.44. The lowest BCUT2D eigenvalue weighted by atomic mass is 10.1. The molecule has 0 spiro atoms. The van der Waals surface area contributed by atoms with Crippen LogP contribution >= 0.6 is 11.6 Å². The number of halogens is 1. The molecule has 3 rings (SSSR count). The Morgan fingerprint density at radius 3 is 2.39 bits per heavy atom. The van der Waals surface area contributed by atoms with Crippen LogP contribution < -0.4 is 10.2 Å². The number of amides is 1. The van der Waals surface area contributed by atoms with Crippen LogP contribution in [0, 0.1) is 0 Å². The van der Waals surface area contributed by atoms with Crippen molar-refractivity contribution in [3.63, 3.8) is 0 Å². The number of piperazine rings is 1. The molecule has 0 radical (unpaired) electrons. The fourth-order valence-electron chi connectivity index (χ4n) is 3.19. The van der Waals surface area contributed by atoms with E-state index in [0.29, 0.717) is 16.3 Å². The third-order valence-electron chi connectivity index (χ3n) is 4.81. The predicted octanol–water partition coefficient (Wildman–Crippen LogP) is 3.06. The Kier molecular flexibility index (Phi) is 6.54. The Morgan fingerprint density at radius 1 is 1.07 bits per heavy atom. The number of anilines is 2. The van der Waals surface area contributed by atoms with Crippen molar-refractivity contribution in [1.29, 1.82) is 0 Å². The first kappa shape index (κ1) is 20.2. The van der Waals surface area contributed by atoms with Crippen LogP contribution in [0.5, 0.6) is 0 Å². The lowest BCUT2D eigenvalue weighted by molar-refractivity contribution is -0.115. The Balaban J connectivity index is 1.82. The summed E-state index contributed by atoms with van der Waals surface area (Å²) in [7, 11) is 3.43. The van der Waals surface area contributed by atoms with Crippen molar-refractivity contribution in [1.82, 2.24) is 4.90 Å². The summed E-state index contributed by atoms with van der Waals surface area (Å²) in [5, 5.41) is 3.60. The highest BCUT2D eigenvalue weighted by Crippen LogP contribution is 2.29. The molecule has 0 atom stereocenters. The number of hydrogen-bond donors (Lipinski definition) is 1. The number of likely N-dealkylation sites (N-methyl/N-ethyl adjacent to an activating group) is 1. The summed E-state index contributed by atoms with van der Waals surface area (Å²) >= 11 is 5.90. The smallest absolute Gasteiger partial charge is 0.337 e. The van der Waals surface area contributed by atoms with Crippen molar-refractivity contribution in [2.24, 2.45) is 0 Å². The Hall–Kier alpha value is -2.57. The van der Waals surface area contributed by atoms with Crippen molar-refractivity contribution in [2.75, 3.05) is 50.6 Å². The Morgan fingerprint density at radius 2 is 1.75 bits per heavy atom. The molecule has 1 fully saturated rings. The predicted molar refractivity (Wildman–Crippen MR) is 111 cm³/mol. The molecule has 1 amide bonds. The zero-order chi connectivity index (χ0) is 20.1. The van der Waals surface area contributed by atoms with Crippen LogP contribution in [-0.2, 0) is 16.0 Å². The van der Waals surface area contributed by atoms with E-state index in [1.54, 1.807) is 24.3 Å². The molecule has 1 heterocycles. The monoisotopic (exact) mass is 401 g/mol. The first-order valence-corrected chi connectivity index (χ1v) is 9.54. The van der Waals surface area contributed by atoms with E-state index in [1.165, 1.54) is 7.11 Å². The van der Waals surface area contributed by atoms with E-state index in [9.17, 15) is 9.59 Å². The van der Waals surface area contributed by atoms with Gasteiger partial charge in [-0.25, -0.2) is 4.79 Å². The average molecular weight is 402 g/mol. The zero-order valence-electron chi connectivity index (χ0n) is 16.1. The van der Waals surface area contributed by atoms with Crippen molar-refractivity contribution < 1.29 is 14.3 Å². The van der Waals surface area contributed by atoms with Crippen LogP contribution in [0.15, 0.2) is 42.5 Å². The minimum Gasteiger partial charge on any atom is -0.465 e. The highest BCUT2D eigenvalue weighted by molar-refractivity contribution is 6.30. The molecular formula is C21H24ClN3O3. The number of methoxy groups -OCH3 is 1. The molecule has 148 valence electrons. The number of carbonyl (C=O) groups is 2. The van der Waals surface area contributed by atoms with Crippen LogP contribution in [0.2, 0.25) is 5.02 Å². The highest BCUT2D eigenvalue weighted by Gasteiger charge is 2.20. The van der Waals surface area contributed by atoms with Crippen molar-refractivity contribution in [3.05, 3.63) is 58.6 Å². The SMILES string of the molecule is COC(=O)c1ccc(N2CCN(C)CC2)c(NC(=O)Cc2ccc(Cl)cc2)c1. The summed E-state index contributed by atoms with van der Waals surface area (Å²) in [5.41, 5.74) is 2.80. The first-order valence-electron chi connectivity index (χ1n) is 9.16. The molecule has 28 heavy (non-hydrogen) atoms. The van der Waals surface area contributed by atoms with Crippen molar-refractivity contribution >= 4 is 34.9 Å². The molecule has 0 unspecified atom stereocenters. The summed E-state index contributed by atoms with van der Waals surface area (Å²) < 4.78 is 4.82. The molecule has 0 bridgehead atoms. The first-order chi connectivity index (χ1) is 13.5. The van der Waals surface area contributed by atoms with E-state index in [0.717, 1.165) is 37.4 Å². The zero-order valence-corrected chi connectivity index (χ0v) is 16.8. The van der Waals surface area contributed by atoms with E-state index < -0.39 is 5.97 Å². The van der Waals surface area contributed by atoms with Gasteiger partial charge in [-0.15, -0.1) is 0 Å². The summed E-state index contributed by atoms with van der Waals surface area (Å²) in [6.45, 7) is 3.59. The quantitative estimate of drug-likeness (QED) is 0.780. The molecule has 1 aliphatic rings. The van der Waals surface area contributed by atoms with E-state index in [1.807, 2.05) is 18.2 Å². The summed E-state index contributed by atoms with van der Waals surface area (Å²) in [4.78, 5) is 29.0. The average Bonchev–Trinajstić information content (AvgIpc) is 2.70. The minimum atomic E-state index is -0.432. The van der Waals surface area contributed by atoms with Crippen LogP contribution in [0.3, 0.4) is 0 Å². The molecule has 1 saturated heterocycles. The second-order valence-electron chi connectivity index (χ2n) is 6.87. The summed E-state index contributed by atoms with van der Waals surface area (Å²) in [5.74, 6) is -0.585. The Bertz CT molecular complexity index is 846. The number of nitrogens with zero attached hydrogens (tertiary/aromatic N) is 2. The van der Waals surface area contributed by atoms with Crippen LogP contribution in [0.25, 0.3) is 0 Å². The lowest BCUT2D eigenvalue weighted by Gasteiger charge is -2.35. The van der Waals surface area contributed by atoms with Gasteiger partial charge in [-0.3, -0.25) is 4.79 Å². The van der Waals surface area contributed by atoms with Crippen LogP contribution in [-0.4, -0.2) is 57.1 Å². The fourth-order valence-corrected chi connectivity index (χ4v) is 3.31. The van der Waals surface area contributed by atoms with E-state index in [4.69, 9.17) is 16.3 Å². The highest BCUT2D eigenvalue weighted by atomic mass is 35.5. The maximum absolute atomic E-state index is 12.6. The molecule has 0 aromatic heterocycles. The number of hydrogen-bond acceptors (Lipinski definition) is 5. The van der Waals surface area contributed by atoms with Gasteiger partial charge < -0.3 is 19.9 Å². The number of ether oxygens (including phenoxy) is 1. The van der Waals surface area contributed by atoms with Gasteiger partial charge in [0.05, 0.1) is 30.5 Å². The number of esters is 1. The van der Waals surface area contributed by atoms with Gasteiger partial charge in [0, 0.05) is 31.2 Å². The standard InChI is InChI=1S/C21H24ClN3O3/c1-24-9-11-25(12-10-24)19-8-5-16(21(27)28-2)14-18(19)23-20(26)13-15-3-6-17(22)7-4-15/h3-8,14H,9-13H2,1-2H3,(H,23,26). The molecule has 7 heteroatoms. The second kappa shape index (κ2) is 9.08. The van der Waals surface area contributed by atoms with Gasteiger partial charge in [0.2, 0.25) is 5.91 Å². The maximum atomic E-state index is 12.6. The van der Waals surface area contributed by atoms with Gasteiger partial charge >= 0.3 is 5.97 Å². The molecule has 0 aliphatic carbocycles. The molecule has 1 aliphatic heterocycles. The van der Waals surface area contributed by atoms with Gasteiger partial charge in [-0.05, 0) is 42.9 Å². The summed E-state index contributed by atoms with van der Waals surface area (Å²) in [6.07, 6.45) is 0.224. The molecule has 1 N–H and O–H groups in total. The normalized spacial score (nSPS) is 14.6.